The standard InChI is InChI=1S/C18H15ClN4O2/c1-11-6-7-12(10-14(11)19)21-18-20-9-8-16(23-18)22-15-5-3-2-4-13(15)17(24)25/h2-10H,1H3,(H,24,25)(H2,20,21,22,23). The van der Waals surface area contributed by atoms with Gasteiger partial charge in [0.25, 0.3) is 0 Å². The van der Waals surface area contributed by atoms with Gasteiger partial charge in [-0.05, 0) is 42.8 Å². The fraction of sp³-hybridized carbons (Fsp3) is 0.0556. The van der Waals surface area contributed by atoms with Crippen LogP contribution in [-0.2, 0) is 0 Å². The van der Waals surface area contributed by atoms with Crippen LogP contribution in [0.15, 0.2) is 54.7 Å². The zero-order chi connectivity index (χ0) is 17.8. The number of anilines is 4. The highest BCUT2D eigenvalue weighted by atomic mass is 35.5. The van der Waals surface area contributed by atoms with Gasteiger partial charge in [-0.3, -0.25) is 0 Å². The number of nitrogens with one attached hydrogen (secondary N) is 2. The molecule has 2 aromatic carbocycles. The maximum absolute atomic E-state index is 11.3. The van der Waals surface area contributed by atoms with E-state index in [0.29, 0.717) is 22.5 Å². The molecular formula is C18H15ClN4O2. The summed E-state index contributed by atoms with van der Waals surface area (Å²) in [6, 6.07) is 13.9. The number of aromatic carboxylic acids is 1. The van der Waals surface area contributed by atoms with E-state index in [0.717, 1.165) is 11.3 Å². The van der Waals surface area contributed by atoms with Crippen molar-refractivity contribution in [3.63, 3.8) is 0 Å². The van der Waals surface area contributed by atoms with Crippen molar-refractivity contribution < 1.29 is 9.90 Å². The van der Waals surface area contributed by atoms with Crippen LogP contribution in [0, 0.1) is 6.92 Å². The lowest BCUT2D eigenvalue weighted by Crippen LogP contribution is -2.04. The van der Waals surface area contributed by atoms with Crippen molar-refractivity contribution in [1.82, 2.24) is 9.97 Å². The SMILES string of the molecule is Cc1ccc(Nc2nccc(Nc3ccccc3C(=O)O)n2)cc1Cl. The Bertz CT molecular complexity index is 930. The number of carbonyl (C=O) groups is 1. The molecule has 126 valence electrons. The molecule has 25 heavy (non-hydrogen) atoms. The fourth-order valence-corrected chi connectivity index (χ4v) is 2.39. The molecule has 1 aromatic heterocycles. The van der Waals surface area contributed by atoms with Gasteiger partial charge in [-0.1, -0.05) is 29.8 Å². The van der Waals surface area contributed by atoms with Gasteiger partial charge >= 0.3 is 5.97 Å². The second-order valence-corrected chi connectivity index (χ2v) is 5.74. The molecule has 0 atom stereocenters. The second kappa shape index (κ2) is 7.19. The van der Waals surface area contributed by atoms with E-state index in [4.69, 9.17) is 11.6 Å². The number of hydrogen-bond acceptors (Lipinski definition) is 5. The van der Waals surface area contributed by atoms with Gasteiger partial charge in [0, 0.05) is 16.9 Å². The van der Waals surface area contributed by atoms with E-state index < -0.39 is 5.97 Å². The maximum Gasteiger partial charge on any atom is 0.337 e. The molecule has 0 aliphatic rings. The van der Waals surface area contributed by atoms with Crippen molar-refractivity contribution >= 4 is 40.7 Å². The van der Waals surface area contributed by atoms with Crippen LogP contribution in [0.25, 0.3) is 0 Å². The molecule has 0 saturated heterocycles. The molecule has 3 aromatic rings. The van der Waals surface area contributed by atoms with E-state index in [1.54, 1.807) is 36.5 Å². The zero-order valence-electron chi connectivity index (χ0n) is 13.3. The maximum atomic E-state index is 11.3. The van der Waals surface area contributed by atoms with Gasteiger partial charge in [0.2, 0.25) is 5.95 Å². The Balaban J connectivity index is 1.82. The first-order chi connectivity index (χ1) is 12.0. The van der Waals surface area contributed by atoms with Crippen LogP contribution in [-0.4, -0.2) is 21.0 Å². The molecule has 0 radical (unpaired) electrons. The number of hydrogen-bond donors (Lipinski definition) is 3. The number of halogens is 1. The molecule has 0 saturated carbocycles. The van der Waals surface area contributed by atoms with Gasteiger partial charge in [0.15, 0.2) is 0 Å². The smallest absolute Gasteiger partial charge is 0.337 e. The number of para-hydroxylation sites is 1. The van der Waals surface area contributed by atoms with E-state index >= 15 is 0 Å². The number of carboxylic acid groups (broad SMARTS) is 1. The summed E-state index contributed by atoms with van der Waals surface area (Å²) in [5.41, 5.74) is 2.37. The van der Waals surface area contributed by atoms with Gasteiger partial charge in [-0.2, -0.15) is 4.98 Å². The first kappa shape index (κ1) is 16.7. The van der Waals surface area contributed by atoms with Crippen LogP contribution >= 0.6 is 11.6 Å². The molecule has 1 heterocycles. The Hall–Kier alpha value is -3.12. The second-order valence-electron chi connectivity index (χ2n) is 5.33. The van der Waals surface area contributed by atoms with Gasteiger partial charge in [0.1, 0.15) is 5.82 Å². The molecule has 0 aliphatic carbocycles. The normalized spacial score (nSPS) is 10.3. The van der Waals surface area contributed by atoms with Gasteiger partial charge in [0.05, 0.1) is 11.3 Å². The average Bonchev–Trinajstić information content (AvgIpc) is 2.59. The van der Waals surface area contributed by atoms with Crippen molar-refractivity contribution in [3.05, 3.63) is 70.9 Å². The first-order valence-electron chi connectivity index (χ1n) is 7.48. The first-order valence-corrected chi connectivity index (χ1v) is 7.86. The number of carboxylic acids is 1. The summed E-state index contributed by atoms with van der Waals surface area (Å²) < 4.78 is 0. The number of nitrogens with zero attached hydrogens (tertiary/aromatic N) is 2. The van der Waals surface area contributed by atoms with Crippen LogP contribution in [0.2, 0.25) is 5.02 Å². The van der Waals surface area contributed by atoms with E-state index in [-0.39, 0.29) is 5.56 Å². The number of aryl methyl sites for hydroxylation is 1. The van der Waals surface area contributed by atoms with Crippen LogP contribution in [0.5, 0.6) is 0 Å². The molecule has 0 unspecified atom stereocenters. The highest BCUT2D eigenvalue weighted by Gasteiger charge is 2.10. The summed E-state index contributed by atoms with van der Waals surface area (Å²) in [6.07, 6.45) is 1.58. The monoisotopic (exact) mass is 354 g/mol. The third-order valence-corrected chi connectivity index (χ3v) is 3.91. The molecule has 0 aliphatic heterocycles. The molecule has 3 N–H and O–H groups in total. The highest BCUT2D eigenvalue weighted by Crippen LogP contribution is 2.23. The fourth-order valence-electron chi connectivity index (χ4n) is 2.20. The number of rotatable bonds is 5. The summed E-state index contributed by atoms with van der Waals surface area (Å²) in [7, 11) is 0. The Kier molecular flexibility index (Phi) is 4.81. The van der Waals surface area contributed by atoms with Crippen molar-refractivity contribution in [3.8, 4) is 0 Å². The number of benzene rings is 2. The van der Waals surface area contributed by atoms with Crippen molar-refractivity contribution in [2.45, 2.75) is 6.92 Å². The minimum absolute atomic E-state index is 0.168. The Labute approximate surface area is 149 Å². The number of aromatic nitrogens is 2. The van der Waals surface area contributed by atoms with E-state index in [1.165, 1.54) is 6.07 Å². The summed E-state index contributed by atoms with van der Waals surface area (Å²) in [5, 5.41) is 16.0. The lowest BCUT2D eigenvalue weighted by molar-refractivity contribution is 0.0698. The summed E-state index contributed by atoms with van der Waals surface area (Å²) >= 11 is 6.12. The summed E-state index contributed by atoms with van der Waals surface area (Å²) in [6.45, 7) is 1.92. The van der Waals surface area contributed by atoms with Gasteiger partial charge in [-0.25, -0.2) is 9.78 Å². The largest absolute Gasteiger partial charge is 0.478 e. The summed E-state index contributed by atoms with van der Waals surface area (Å²) in [4.78, 5) is 19.8. The third-order valence-electron chi connectivity index (χ3n) is 3.50. The molecule has 6 nitrogen and oxygen atoms in total. The molecule has 0 fully saturated rings. The molecule has 0 spiro atoms. The molecular weight excluding hydrogens is 340 g/mol. The van der Waals surface area contributed by atoms with Crippen LogP contribution in [0.3, 0.4) is 0 Å². The van der Waals surface area contributed by atoms with Crippen molar-refractivity contribution in [2.75, 3.05) is 10.6 Å². The van der Waals surface area contributed by atoms with E-state index in [9.17, 15) is 9.90 Å². The van der Waals surface area contributed by atoms with Crippen molar-refractivity contribution in [1.29, 1.82) is 0 Å². The predicted molar refractivity (Wildman–Crippen MR) is 98.2 cm³/mol. The quantitative estimate of drug-likeness (QED) is 0.619. The minimum atomic E-state index is -1.01. The van der Waals surface area contributed by atoms with Crippen molar-refractivity contribution in [2.24, 2.45) is 0 Å². The molecule has 0 bridgehead atoms. The Morgan fingerprint density at radius 2 is 1.92 bits per heavy atom. The van der Waals surface area contributed by atoms with Crippen LogP contribution in [0.1, 0.15) is 15.9 Å². The molecule has 3 rings (SSSR count). The summed E-state index contributed by atoms with van der Waals surface area (Å²) in [5.74, 6) is -0.160. The Morgan fingerprint density at radius 1 is 1.12 bits per heavy atom. The lowest BCUT2D eigenvalue weighted by Gasteiger charge is -2.10. The van der Waals surface area contributed by atoms with E-state index in [1.807, 2.05) is 19.1 Å². The molecule has 7 heteroatoms. The Morgan fingerprint density at radius 3 is 2.68 bits per heavy atom. The third kappa shape index (κ3) is 4.05. The zero-order valence-corrected chi connectivity index (χ0v) is 14.1. The van der Waals surface area contributed by atoms with Gasteiger partial charge < -0.3 is 15.7 Å². The topological polar surface area (TPSA) is 87.1 Å². The predicted octanol–water partition coefficient (Wildman–Crippen LogP) is 4.62. The van der Waals surface area contributed by atoms with Crippen LogP contribution < -0.4 is 10.6 Å². The molecule has 0 amide bonds. The van der Waals surface area contributed by atoms with Gasteiger partial charge in [-0.15, -0.1) is 0 Å². The van der Waals surface area contributed by atoms with E-state index in [2.05, 4.69) is 20.6 Å². The minimum Gasteiger partial charge on any atom is -0.478 e. The lowest BCUT2D eigenvalue weighted by atomic mass is 10.2. The highest BCUT2D eigenvalue weighted by molar-refractivity contribution is 6.31. The van der Waals surface area contributed by atoms with Crippen LogP contribution in [0.4, 0.5) is 23.1 Å². The average molecular weight is 355 g/mol.